The Hall–Kier alpha value is -3.27. The molecule has 10 heteroatoms. The Labute approximate surface area is 198 Å². The zero-order chi connectivity index (χ0) is 24.1. The Morgan fingerprint density at radius 2 is 1.97 bits per heavy atom. The summed E-state index contributed by atoms with van der Waals surface area (Å²) in [6, 6.07) is 8.32. The lowest BCUT2D eigenvalue weighted by atomic mass is 10.2. The van der Waals surface area contributed by atoms with E-state index in [2.05, 4.69) is 26.2 Å². The number of halogens is 3. The molecule has 0 unspecified atom stereocenters. The molecule has 0 saturated heterocycles. The lowest BCUT2D eigenvalue weighted by Gasteiger charge is -2.15. The molecule has 3 rings (SSSR count). The van der Waals surface area contributed by atoms with E-state index in [-0.39, 0.29) is 40.5 Å². The number of aromatic nitrogens is 2. The highest BCUT2D eigenvalue weighted by Gasteiger charge is 2.14. The van der Waals surface area contributed by atoms with Crippen LogP contribution >= 0.6 is 15.9 Å². The molecule has 0 aliphatic carbocycles. The number of hydrogen-bond acceptors (Lipinski definition) is 4. The van der Waals surface area contributed by atoms with Crippen molar-refractivity contribution >= 4 is 22.0 Å². The average Bonchev–Trinajstić information content (AvgIpc) is 2.78. The highest BCUT2D eigenvalue weighted by molar-refractivity contribution is 9.10. The topological polar surface area (TPSA) is 76.5 Å². The van der Waals surface area contributed by atoms with Crippen LogP contribution in [-0.4, -0.2) is 34.6 Å². The molecule has 0 saturated carbocycles. The van der Waals surface area contributed by atoms with Crippen LogP contribution in [0, 0.1) is 18.6 Å². The number of carbonyl (C=O) groups excluding carboxylic acids is 1. The SMILES string of the molecule is Cc1cc(OCc2ccc(F)cc2F)c(Br)c(=O)n1Cc1ccc(CNC(=O)N(C)C)cn1. The molecule has 0 aliphatic rings. The van der Waals surface area contributed by atoms with Gasteiger partial charge in [0.15, 0.2) is 0 Å². The lowest BCUT2D eigenvalue weighted by Crippen LogP contribution is -2.33. The van der Waals surface area contributed by atoms with Crippen molar-refractivity contribution < 1.29 is 18.3 Å². The van der Waals surface area contributed by atoms with Gasteiger partial charge in [0.05, 0.1) is 12.2 Å². The number of aryl methyl sites for hydroxylation is 1. The number of urea groups is 1. The molecule has 0 aliphatic heterocycles. The van der Waals surface area contributed by atoms with Crippen molar-refractivity contribution in [2.45, 2.75) is 26.6 Å². The fourth-order valence-corrected chi connectivity index (χ4v) is 3.40. The quantitative estimate of drug-likeness (QED) is 0.511. The van der Waals surface area contributed by atoms with Gasteiger partial charge in [0.1, 0.15) is 28.5 Å². The molecule has 174 valence electrons. The van der Waals surface area contributed by atoms with Crippen LogP contribution in [0.3, 0.4) is 0 Å². The first-order chi connectivity index (χ1) is 15.7. The second kappa shape index (κ2) is 10.6. The summed E-state index contributed by atoms with van der Waals surface area (Å²) in [6.45, 7) is 2.18. The molecule has 33 heavy (non-hydrogen) atoms. The molecule has 0 bridgehead atoms. The molecule has 2 heterocycles. The van der Waals surface area contributed by atoms with Crippen molar-refractivity contribution in [3.05, 3.63) is 91.6 Å². The molecule has 3 aromatic rings. The van der Waals surface area contributed by atoms with Crippen molar-refractivity contribution in [1.82, 2.24) is 19.8 Å². The van der Waals surface area contributed by atoms with Gasteiger partial charge in [-0.15, -0.1) is 0 Å². The summed E-state index contributed by atoms with van der Waals surface area (Å²) in [5.41, 5.74) is 1.97. The molecule has 1 N–H and O–H groups in total. The summed E-state index contributed by atoms with van der Waals surface area (Å²) in [5.74, 6) is -1.12. The predicted octanol–water partition coefficient (Wildman–Crippen LogP) is 3.99. The number of hydrogen-bond donors (Lipinski definition) is 1. The van der Waals surface area contributed by atoms with E-state index in [1.54, 1.807) is 39.3 Å². The van der Waals surface area contributed by atoms with Gasteiger partial charge in [-0.1, -0.05) is 6.07 Å². The van der Waals surface area contributed by atoms with Crippen LogP contribution in [0.15, 0.2) is 51.9 Å². The van der Waals surface area contributed by atoms with Crippen LogP contribution in [0.25, 0.3) is 0 Å². The summed E-state index contributed by atoms with van der Waals surface area (Å²) in [6.07, 6.45) is 1.65. The summed E-state index contributed by atoms with van der Waals surface area (Å²) < 4.78 is 34.3. The Morgan fingerprint density at radius 1 is 1.21 bits per heavy atom. The number of rotatable bonds is 7. The number of pyridine rings is 2. The minimum atomic E-state index is -0.716. The van der Waals surface area contributed by atoms with Gasteiger partial charge in [-0.3, -0.25) is 9.78 Å². The normalized spacial score (nSPS) is 10.7. The van der Waals surface area contributed by atoms with Gasteiger partial charge < -0.3 is 19.5 Å². The molecule has 2 aromatic heterocycles. The largest absolute Gasteiger partial charge is 0.487 e. The number of benzene rings is 1. The third-order valence-corrected chi connectivity index (χ3v) is 5.60. The van der Waals surface area contributed by atoms with E-state index in [9.17, 15) is 18.4 Å². The number of ether oxygens (including phenoxy) is 1. The standard InChI is InChI=1S/C23H23BrF2N4O3/c1-14-8-20(33-13-16-5-6-17(25)9-19(16)26)21(24)22(31)30(14)12-18-7-4-15(10-27-18)11-28-23(32)29(2)3/h4-10H,11-13H2,1-3H3,(H,28,32). The number of nitrogens with zero attached hydrogens (tertiary/aromatic N) is 3. The first kappa shape index (κ1) is 24.4. The molecule has 0 atom stereocenters. The monoisotopic (exact) mass is 520 g/mol. The molecule has 1 aromatic carbocycles. The predicted molar refractivity (Wildman–Crippen MR) is 123 cm³/mol. The Balaban J connectivity index is 1.71. The summed E-state index contributed by atoms with van der Waals surface area (Å²) >= 11 is 3.26. The van der Waals surface area contributed by atoms with Crippen molar-refractivity contribution in [2.24, 2.45) is 0 Å². The summed E-state index contributed by atoms with van der Waals surface area (Å²) in [7, 11) is 3.32. The zero-order valence-electron chi connectivity index (χ0n) is 18.4. The minimum absolute atomic E-state index is 0.152. The van der Waals surface area contributed by atoms with Gasteiger partial charge in [0.25, 0.3) is 5.56 Å². The molecule has 2 amide bonds. The molecule has 0 radical (unpaired) electrons. The van der Waals surface area contributed by atoms with Crippen molar-refractivity contribution in [2.75, 3.05) is 14.1 Å². The van der Waals surface area contributed by atoms with Gasteiger partial charge in [0, 0.05) is 50.2 Å². The van der Waals surface area contributed by atoms with Crippen LogP contribution in [0.5, 0.6) is 5.75 Å². The first-order valence-electron chi connectivity index (χ1n) is 10.0. The average molecular weight is 521 g/mol. The molecule has 7 nitrogen and oxygen atoms in total. The van der Waals surface area contributed by atoms with E-state index in [1.807, 2.05) is 6.07 Å². The van der Waals surface area contributed by atoms with E-state index in [1.165, 1.54) is 15.5 Å². The molecule has 0 fully saturated rings. The second-order valence-electron chi connectivity index (χ2n) is 7.59. The highest BCUT2D eigenvalue weighted by atomic mass is 79.9. The van der Waals surface area contributed by atoms with Gasteiger partial charge in [-0.05, 0) is 46.6 Å². The van der Waals surface area contributed by atoms with Crippen molar-refractivity contribution in [3.63, 3.8) is 0 Å². The van der Waals surface area contributed by atoms with E-state index >= 15 is 0 Å². The molecular formula is C23H23BrF2N4O3. The fraction of sp³-hybridized carbons (Fsp3) is 0.261. The van der Waals surface area contributed by atoms with Crippen LogP contribution < -0.4 is 15.6 Å². The van der Waals surface area contributed by atoms with Crippen LogP contribution in [0.4, 0.5) is 13.6 Å². The first-order valence-corrected chi connectivity index (χ1v) is 10.8. The third kappa shape index (κ3) is 6.16. The van der Waals surface area contributed by atoms with Crippen molar-refractivity contribution in [1.29, 1.82) is 0 Å². The van der Waals surface area contributed by atoms with E-state index in [0.717, 1.165) is 17.7 Å². The van der Waals surface area contributed by atoms with Gasteiger partial charge in [0.2, 0.25) is 0 Å². The Morgan fingerprint density at radius 3 is 2.61 bits per heavy atom. The van der Waals surface area contributed by atoms with Crippen LogP contribution in [0.1, 0.15) is 22.5 Å². The molecular weight excluding hydrogens is 498 g/mol. The maximum Gasteiger partial charge on any atom is 0.317 e. The fourth-order valence-electron chi connectivity index (χ4n) is 2.96. The van der Waals surface area contributed by atoms with E-state index in [4.69, 9.17) is 4.74 Å². The van der Waals surface area contributed by atoms with Gasteiger partial charge in [-0.2, -0.15) is 0 Å². The molecule has 0 spiro atoms. The summed E-state index contributed by atoms with van der Waals surface area (Å²) in [4.78, 5) is 30.3. The smallest absolute Gasteiger partial charge is 0.317 e. The van der Waals surface area contributed by atoms with Gasteiger partial charge >= 0.3 is 6.03 Å². The maximum absolute atomic E-state index is 13.8. The van der Waals surface area contributed by atoms with Crippen LogP contribution in [-0.2, 0) is 19.7 Å². The second-order valence-corrected chi connectivity index (χ2v) is 8.38. The Kier molecular flexibility index (Phi) is 7.80. The van der Waals surface area contributed by atoms with E-state index in [0.29, 0.717) is 17.9 Å². The lowest BCUT2D eigenvalue weighted by molar-refractivity contribution is 0.217. The number of amides is 2. The minimum Gasteiger partial charge on any atom is -0.487 e. The number of carbonyl (C=O) groups is 1. The maximum atomic E-state index is 13.8. The van der Waals surface area contributed by atoms with Crippen LogP contribution in [0.2, 0.25) is 0 Å². The number of nitrogens with one attached hydrogen (secondary N) is 1. The summed E-state index contributed by atoms with van der Waals surface area (Å²) in [5, 5.41) is 2.76. The highest BCUT2D eigenvalue weighted by Crippen LogP contribution is 2.24. The zero-order valence-corrected chi connectivity index (χ0v) is 19.9. The Bertz CT molecular complexity index is 1210. The van der Waals surface area contributed by atoms with Gasteiger partial charge in [-0.25, -0.2) is 13.6 Å². The third-order valence-electron chi connectivity index (χ3n) is 4.87. The van der Waals surface area contributed by atoms with E-state index < -0.39 is 11.6 Å². The van der Waals surface area contributed by atoms with Crippen molar-refractivity contribution in [3.8, 4) is 5.75 Å².